The summed E-state index contributed by atoms with van der Waals surface area (Å²) in [4.78, 5) is 22.4. The number of ether oxygens (including phenoxy) is 1. The van der Waals surface area contributed by atoms with Gasteiger partial charge in [0.15, 0.2) is 0 Å². The van der Waals surface area contributed by atoms with Crippen molar-refractivity contribution in [2.24, 2.45) is 16.9 Å². The summed E-state index contributed by atoms with van der Waals surface area (Å²) < 4.78 is 6.07. The average molecular weight is 348 g/mol. The molecule has 3 fully saturated rings. The summed E-state index contributed by atoms with van der Waals surface area (Å²) in [6, 6.07) is 0. The van der Waals surface area contributed by atoms with Gasteiger partial charge in [-0.3, -0.25) is 9.59 Å². The third-order valence-corrected chi connectivity index (χ3v) is 5.50. The number of nitrogens with zero attached hydrogens (tertiary/aromatic N) is 2. The van der Waals surface area contributed by atoms with Crippen molar-refractivity contribution in [2.45, 2.75) is 70.0 Å². The number of aliphatic carboxylic acids is 1. The van der Waals surface area contributed by atoms with Crippen molar-refractivity contribution in [3.8, 4) is 0 Å². The summed E-state index contributed by atoms with van der Waals surface area (Å²) in [5.41, 5.74) is 0. The average Bonchev–Trinajstić information content (AvgIpc) is 3.18. The Bertz CT molecular complexity index is 546. The molecule has 0 radical (unpaired) electrons. The van der Waals surface area contributed by atoms with E-state index in [1.165, 1.54) is 0 Å². The van der Waals surface area contributed by atoms with E-state index in [9.17, 15) is 9.59 Å². The SMILES string of the molecule is O=C(O)CCCC=CC[C@@H]1[C@H](C=NN2CCCCC2=O)[C@@H]2CC[C@H]1O2. The number of hydrogen-bond acceptors (Lipinski definition) is 4. The summed E-state index contributed by atoms with van der Waals surface area (Å²) in [7, 11) is 0. The van der Waals surface area contributed by atoms with Crippen molar-refractivity contribution in [2.75, 3.05) is 6.54 Å². The van der Waals surface area contributed by atoms with E-state index in [2.05, 4.69) is 17.3 Å². The third-order valence-electron chi connectivity index (χ3n) is 5.50. The molecule has 138 valence electrons. The Balaban J connectivity index is 1.51. The normalized spacial score (nSPS) is 32.3. The van der Waals surface area contributed by atoms with E-state index in [0.29, 0.717) is 24.9 Å². The molecule has 1 amide bonds. The molecular formula is C19H28N2O4. The third kappa shape index (κ3) is 4.69. The zero-order valence-corrected chi connectivity index (χ0v) is 14.7. The predicted octanol–water partition coefficient (Wildman–Crippen LogP) is 2.98. The van der Waals surface area contributed by atoms with Crippen LogP contribution in [0.2, 0.25) is 0 Å². The van der Waals surface area contributed by atoms with Crippen molar-refractivity contribution in [3.63, 3.8) is 0 Å². The zero-order valence-electron chi connectivity index (χ0n) is 14.7. The Morgan fingerprint density at radius 3 is 2.92 bits per heavy atom. The van der Waals surface area contributed by atoms with Crippen LogP contribution in [0.25, 0.3) is 0 Å². The Morgan fingerprint density at radius 2 is 2.12 bits per heavy atom. The van der Waals surface area contributed by atoms with Crippen LogP contribution in [0.4, 0.5) is 0 Å². The molecule has 3 saturated heterocycles. The molecule has 3 heterocycles. The minimum absolute atomic E-state index is 0.126. The second-order valence-electron chi connectivity index (χ2n) is 7.26. The highest BCUT2D eigenvalue weighted by Gasteiger charge is 2.47. The van der Waals surface area contributed by atoms with Gasteiger partial charge in [0.25, 0.3) is 0 Å². The number of hydrazone groups is 1. The van der Waals surface area contributed by atoms with Gasteiger partial charge in [0.2, 0.25) is 5.91 Å². The van der Waals surface area contributed by atoms with Crippen molar-refractivity contribution >= 4 is 18.1 Å². The molecule has 0 aromatic carbocycles. The minimum atomic E-state index is -0.738. The Labute approximate surface area is 148 Å². The molecule has 1 N–H and O–H groups in total. The predicted molar refractivity (Wildman–Crippen MR) is 94.2 cm³/mol. The highest BCUT2D eigenvalue weighted by Crippen LogP contribution is 2.44. The first-order valence-corrected chi connectivity index (χ1v) is 9.52. The number of carboxylic acids is 1. The monoisotopic (exact) mass is 348 g/mol. The highest BCUT2D eigenvalue weighted by molar-refractivity contribution is 5.78. The van der Waals surface area contributed by atoms with Gasteiger partial charge in [0, 0.05) is 31.5 Å². The topological polar surface area (TPSA) is 79.2 Å². The number of piperidine rings is 1. The quantitative estimate of drug-likeness (QED) is 0.415. The second-order valence-corrected chi connectivity index (χ2v) is 7.26. The molecule has 3 aliphatic heterocycles. The van der Waals surface area contributed by atoms with E-state index in [1.807, 2.05) is 6.21 Å². The number of unbranched alkanes of at least 4 members (excludes halogenated alkanes) is 1. The molecule has 0 spiro atoms. The first kappa shape index (κ1) is 18.1. The van der Waals surface area contributed by atoms with Crippen LogP contribution in [-0.2, 0) is 14.3 Å². The Morgan fingerprint density at radius 1 is 1.28 bits per heavy atom. The van der Waals surface area contributed by atoms with Crippen molar-refractivity contribution in [1.82, 2.24) is 5.01 Å². The van der Waals surface area contributed by atoms with Crippen LogP contribution < -0.4 is 0 Å². The zero-order chi connectivity index (χ0) is 17.6. The molecular weight excluding hydrogens is 320 g/mol. The highest BCUT2D eigenvalue weighted by atomic mass is 16.5. The first-order valence-electron chi connectivity index (χ1n) is 9.52. The summed E-state index contributed by atoms with van der Waals surface area (Å²) in [6.07, 6.45) is 14.1. The van der Waals surface area contributed by atoms with Gasteiger partial charge in [0.05, 0.1) is 12.2 Å². The number of carboxylic acid groups (broad SMARTS) is 1. The lowest BCUT2D eigenvalue weighted by molar-refractivity contribution is -0.137. The van der Waals surface area contributed by atoms with E-state index in [1.54, 1.807) is 5.01 Å². The lowest BCUT2D eigenvalue weighted by Gasteiger charge is -2.26. The molecule has 6 nitrogen and oxygen atoms in total. The molecule has 3 rings (SSSR count). The molecule has 6 heteroatoms. The lowest BCUT2D eigenvalue weighted by atomic mass is 9.78. The smallest absolute Gasteiger partial charge is 0.303 e. The largest absolute Gasteiger partial charge is 0.481 e. The van der Waals surface area contributed by atoms with E-state index >= 15 is 0 Å². The number of carbonyl (C=O) groups is 2. The number of rotatable bonds is 8. The number of amides is 1. The van der Waals surface area contributed by atoms with Crippen LogP contribution in [-0.4, -0.2) is 47.0 Å². The van der Waals surface area contributed by atoms with Crippen LogP contribution in [0.5, 0.6) is 0 Å². The molecule has 0 unspecified atom stereocenters. The summed E-state index contributed by atoms with van der Waals surface area (Å²) in [6.45, 7) is 0.727. The summed E-state index contributed by atoms with van der Waals surface area (Å²) in [5, 5.41) is 14.8. The van der Waals surface area contributed by atoms with Crippen LogP contribution in [0.1, 0.15) is 57.8 Å². The van der Waals surface area contributed by atoms with Gasteiger partial charge in [-0.15, -0.1) is 0 Å². The molecule has 25 heavy (non-hydrogen) atoms. The van der Waals surface area contributed by atoms with Crippen LogP contribution >= 0.6 is 0 Å². The number of allylic oxidation sites excluding steroid dienone is 2. The van der Waals surface area contributed by atoms with Gasteiger partial charge < -0.3 is 9.84 Å². The van der Waals surface area contributed by atoms with Gasteiger partial charge in [-0.25, -0.2) is 5.01 Å². The van der Waals surface area contributed by atoms with Gasteiger partial charge in [-0.2, -0.15) is 5.10 Å². The molecule has 0 aliphatic carbocycles. The fraction of sp³-hybridized carbons (Fsp3) is 0.737. The molecule has 0 aromatic heterocycles. The molecule has 3 aliphatic rings. The van der Waals surface area contributed by atoms with Crippen LogP contribution in [0, 0.1) is 11.8 Å². The van der Waals surface area contributed by atoms with Crippen LogP contribution in [0.3, 0.4) is 0 Å². The minimum Gasteiger partial charge on any atom is -0.481 e. The fourth-order valence-electron chi connectivity index (χ4n) is 4.14. The lowest BCUT2D eigenvalue weighted by Crippen LogP contribution is -2.33. The van der Waals surface area contributed by atoms with Crippen molar-refractivity contribution in [3.05, 3.63) is 12.2 Å². The maximum Gasteiger partial charge on any atom is 0.303 e. The molecule has 0 aromatic rings. The van der Waals surface area contributed by atoms with E-state index in [4.69, 9.17) is 9.84 Å². The first-order chi connectivity index (χ1) is 12.1. The van der Waals surface area contributed by atoms with Crippen LogP contribution in [0.15, 0.2) is 17.3 Å². The fourth-order valence-corrected chi connectivity index (χ4v) is 4.14. The van der Waals surface area contributed by atoms with Gasteiger partial charge in [0.1, 0.15) is 0 Å². The maximum atomic E-state index is 11.9. The van der Waals surface area contributed by atoms with Crippen molar-refractivity contribution in [1.29, 1.82) is 0 Å². The molecule has 4 atom stereocenters. The number of carbonyl (C=O) groups excluding carboxylic acids is 1. The molecule has 2 bridgehead atoms. The van der Waals surface area contributed by atoms with Gasteiger partial charge >= 0.3 is 5.97 Å². The van der Waals surface area contributed by atoms with E-state index in [-0.39, 0.29) is 24.3 Å². The molecule has 0 saturated carbocycles. The number of fused-ring (bicyclic) bond motifs is 2. The van der Waals surface area contributed by atoms with E-state index < -0.39 is 5.97 Å². The van der Waals surface area contributed by atoms with Gasteiger partial charge in [-0.05, 0) is 50.9 Å². The number of hydrogen-bond donors (Lipinski definition) is 1. The summed E-state index contributed by atoms with van der Waals surface area (Å²) >= 11 is 0. The standard InChI is InChI=1S/C19H28N2O4/c22-18-8-5-6-12-21(18)20-13-15-14(16-10-11-17(15)25-16)7-3-1-2-4-9-19(23)24/h1,3,13-17H,2,4-12H2,(H,23,24)/t14-,15+,16-,17+/m1/s1. The van der Waals surface area contributed by atoms with Gasteiger partial charge in [-0.1, -0.05) is 12.2 Å². The Hall–Kier alpha value is -1.69. The summed E-state index contributed by atoms with van der Waals surface area (Å²) in [5.74, 6) is 0.0788. The Kier molecular flexibility index (Phi) is 6.24. The van der Waals surface area contributed by atoms with Crippen molar-refractivity contribution < 1.29 is 19.4 Å². The maximum absolute atomic E-state index is 11.9. The van der Waals surface area contributed by atoms with E-state index in [0.717, 1.165) is 45.1 Å². The second kappa shape index (κ2) is 8.61.